The molecule has 4 rings (SSSR count). The molecule has 31 heavy (non-hydrogen) atoms. The summed E-state index contributed by atoms with van der Waals surface area (Å²) in [6.07, 6.45) is 1.72. The summed E-state index contributed by atoms with van der Waals surface area (Å²) in [5.41, 5.74) is 6.22. The Morgan fingerprint density at radius 2 is 1.81 bits per heavy atom. The van der Waals surface area contributed by atoms with Crippen molar-refractivity contribution in [3.63, 3.8) is 0 Å². The van der Waals surface area contributed by atoms with E-state index < -0.39 is 11.6 Å². The van der Waals surface area contributed by atoms with Crippen LogP contribution in [0, 0.1) is 32.4 Å². The molecular weight excluding hydrogens is 396 g/mol. The molecule has 0 aliphatic heterocycles. The Bertz CT molecular complexity index is 1220. The van der Waals surface area contributed by atoms with Crippen molar-refractivity contribution in [3.05, 3.63) is 94.6 Å². The van der Waals surface area contributed by atoms with Gasteiger partial charge in [-0.2, -0.15) is 10.2 Å². The molecule has 0 amide bonds. The Labute approximate surface area is 180 Å². The lowest BCUT2D eigenvalue weighted by atomic mass is 10.1. The van der Waals surface area contributed by atoms with Gasteiger partial charge in [0.25, 0.3) is 0 Å². The highest BCUT2D eigenvalue weighted by molar-refractivity contribution is 5.38. The summed E-state index contributed by atoms with van der Waals surface area (Å²) in [6, 6.07) is 13.8. The fraction of sp³-hybridized carbons (Fsp3) is 0.250. The molecule has 1 atom stereocenters. The smallest absolute Gasteiger partial charge is 0.151 e. The quantitative estimate of drug-likeness (QED) is 0.471. The van der Waals surface area contributed by atoms with Gasteiger partial charge in [0.05, 0.1) is 17.6 Å². The van der Waals surface area contributed by atoms with Crippen LogP contribution in [0.1, 0.15) is 41.2 Å². The minimum Gasteiger partial charge on any atom is -0.306 e. The van der Waals surface area contributed by atoms with Crippen molar-refractivity contribution < 1.29 is 8.78 Å². The molecule has 0 aliphatic rings. The van der Waals surface area contributed by atoms with Crippen molar-refractivity contribution in [2.24, 2.45) is 0 Å². The zero-order valence-electron chi connectivity index (χ0n) is 18.0. The molecule has 0 fully saturated rings. The molecule has 5 nitrogen and oxygen atoms in total. The van der Waals surface area contributed by atoms with Crippen LogP contribution >= 0.6 is 0 Å². The summed E-state index contributed by atoms with van der Waals surface area (Å²) in [4.78, 5) is 0. The van der Waals surface area contributed by atoms with E-state index >= 15 is 0 Å². The number of nitrogens with one attached hydrogen (secondary N) is 1. The number of nitrogens with zero attached hydrogens (tertiary/aromatic N) is 4. The second kappa shape index (κ2) is 8.43. The van der Waals surface area contributed by atoms with Gasteiger partial charge >= 0.3 is 0 Å². The molecule has 4 aromatic rings. The number of benzene rings is 2. The first-order valence-electron chi connectivity index (χ1n) is 10.2. The third kappa shape index (κ3) is 4.27. The number of hydrogen-bond donors (Lipinski definition) is 1. The van der Waals surface area contributed by atoms with Gasteiger partial charge in [-0.1, -0.05) is 12.1 Å². The number of hydrogen-bond acceptors (Lipinski definition) is 3. The molecule has 0 aliphatic carbocycles. The lowest BCUT2D eigenvalue weighted by Crippen LogP contribution is -2.19. The van der Waals surface area contributed by atoms with Crippen LogP contribution in [-0.4, -0.2) is 19.6 Å². The average Bonchev–Trinajstić information content (AvgIpc) is 3.28. The van der Waals surface area contributed by atoms with Gasteiger partial charge in [-0.3, -0.25) is 0 Å². The number of rotatable bonds is 6. The summed E-state index contributed by atoms with van der Waals surface area (Å²) in [7, 11) is 0. The molecule has 7 heteroatoms. The number of halogens is 2. The maximum absolute atomic E-state index is 14.2. The van der Waals surface area contributed by atoms with E-state index in [1.54, 1.807) is 6.20 Å². The fourth-order valence-electron chi connectivity index (χ4n) is 3.81. The molecule has 0 spiro atoms. The molecule has 2 aromatic heterocycles. The molecule has 160 valence electrons. The Balaban J connectivity index is 1.50. The van der Waals surface area contributed by atoms with Crippen molar-refractivity contribution in [3.8, 4) is 11.4 Å². The lowest BCUT2D eigenvalue weighted by molar-refractivity contribution is 0.566. The van der Waals surface area contributed by atoms with Crippen LogP contribution in [0.4, 0.5) is 8.78 Å². The number of aryl methyl sites for hydroxylation is 2. The maximum atomic E-state index is 14.2. The van der Waals surface area contributed by atoms with E-state index in [4.69, 9.17) is 0 Å². The molecule has 0 unspecified atom stereocenters. The van der Waals surface area contributed by atoms with E-state index in [0.717, 1.165) is 40.0 Å². The normalized spacial score (nSPS) is 12.3. The summed E-state index contributed by atoms with van der Waals surface area (Å²) >= 11 is 0. The van der Waals surface area contributed by atoms with Crippen molar-refractivity contribution in [1.82, 2.24) is 24.9 Å². The lowest BCUT2D eigenvalue weighted by Gasteiger charge is -2.15. The van der Waals surface area contributed by atoms with Gasteiger partial charge in [-0.05, 0) is 63.6 Å². The van der Waals surface area contributed by atoms with Gasteiger partial charge in [0, 0.05) is 35.6 Å². The summed E-state index contributed by atoms with van der Waals surface area (Å²) < 4.78 is 30.9. The second-order valence-corrected chi connectivity index (χ2v) is 7.80. The van der Waals surface area contributed by atoms with E-state index in [9.17, 15) is 8.78 Å². The monoisotopic (exact) mass is 421 g/mol. The molecule has 2 heterocycles. The SMILES string of the molecule is Cc1cc(C)n(-c2cccc(CN[C@H](C)c3cnn(-c4ccc(F)cc4F)c3C)c2)n1. The third-order valence-corrected chi connectivity index (χ3v) is 5.43. The highest BCUT2D eigenvalue weighted by atomic mass is 19.1. The Kier molecular flexibility index (Phi) is 5.69. The first-order chi connectivity index (χ1) is 14.8. The second-order valence-electron chi connectivity index (χ2n) is 7.80. The Morgan fingerprint density at radius 1 is 1.00 bits per heavy atom. The van der Waals surface area contributed by atoms with Crippen molar-refractivity contribution >= 4 is 0 Å². The highest BCUT2D eigenvalue weighted by Crippen LogP contribution is 2.23. The molecular formula is C24H25F2N5. The standard InChI is InChI=1S/C24H25F2N5/c1-15-10-16(2)30(29-15)21-7-5-6-19(11-21)13-27-17(3)22-14-28-31(18(22)4)24-9-8-20(25)12-23(24)26/h5-12,14,17,27H,13H2,1-4H3/t17-/m1/s1. The molecule has 0 saturated heterocycles. The first-order valence-corrected chi connectivity index (χ1v) is 10.2. The predicted molar refractivity (Wildman–Crippen MR) is 117 cm³/mol. The van der Waals surface area contributed by atoms with Gasteiger partial charge in [0.15, 0.2) is 5.82 Å². The predicted octanol–water partition coefficient (Wildman–Crippen LogP) is 5.11. The molecule has 1 N–H and O–H groups in total. The summed E-state index contributed by atoms with van der Waals surface area (Å²) in [5, 5.41) is 12.4. The van der Waals surface area contributed by atoms with E-state index in [2.05, 4.69) is 33.7 Å². The van der Waals surface area contributed by atoms with Gasteiger partial charge < -0.3 is 5.32 Å². The zero-order valence-corrected chi connectivity index (χ0v) is 18.0. The van der Waals surface area contributed by atoms with Crippen LogP contribution in [0.2, 0.25) is 0 Å². The average molecular weight is 421 g/mol. The largest absolute Gasteiger partial charge is 0.306 e. The zero-order chi connectivity index (χ0) is 22.1. The van der Waals surface area contributed by atoms with Crippen LogP contribution in [0.25, 0.3) is 11.4 Å². The van der Waals surface area contributed by atoms with Crippen molar-refractivity contribution in [2.45, 2.75) is 40.3 Å². The fourth-order valence-corrected chi connectivity index (χ4v) is 3.81. The Morgan fingerprint density at radius 3 is 2.52 bits per heavy atom. The van der Waals surface area contributed by atoms with Gasteiger partial charge in [-0.25, -0.2) is 18.1 Å². The van der Waals surface area contributed by atoms with Gasteiger partial charge in [0.2, 0.25) is 0 Å². The van der Waals surface area contributed by atoms with Crippen molar-refractivity contribution in [2.75, 3.05) is 0 Å². The Hall–Kier alpha value is -3.32. The topological polar surface area (TPSA) is 47.7 Å². The van der Waals surface area contributed by atoms with Gasteiger partial charge in [0.1, 0.15) is 11.5 Å². The third-order valence-electron chi connectivity index (χ3n) is 5.43. The van der Waals surface area contributed by atoms with Crippen LogP contribution in [0.5, 0.6) is 0 Å². The van der Waals surface area contributed by atoms with Crippen LogP contribution < -0.4 is 5.32 Å². The molecule has 0 saturated carbocycles. The van der Waals surface area contributed by atoms with Crippen LogP contribution in [-0.2, 0) is 6.54 Å². The van der Waals surface area contributed by atoms with Crippen LogP contribution in [0.15, 0.2) is 54.7 Å². The van der Waals surface area contributed by atoms with Crippen molar-refractivity contribution in [1.29, 1.82) is 0 Å². The van der Waals surface area contributed by atoms with E-state index in [1.165, 1.54) is 16.8 Å². The van der Waals surface area contributed by atoms with Crippen LogP contribution in [0.3, 0.4) is 0 Å². The molecule has 2 aromatic carbocycles. The highest BCUT2D eigenvalue weighted by Gasteiger charge is 2.16. The van der Waals surface area contributed by atoms with Gasteiger partial charge in [-0.15, -0.1) is 0 Å². The van der Waals surface area contributed by atoms with E-state index in [1.807, 2.05) is 44.5 Å². The number of aromatic nitrogens is 4. The minimum atomic E-state index is -0.640. The first kappa shape index (κ1) is 20.9. The van der Waals surface area contributed by atoms with E-state index in [-0.39, 0.29) is 11.7 Å². The molecule has 0 radical (unpaired) electrons. The van der Waals surface area contributed by atoms with E-state index in [0.29, 0.717) is 6.54 Å². The molecule has 0 bridgehead atoms. The minimum absolute atomic E-state index is 0.00500. The summed E-state index contributed by atoms with van der Waals surface area (Å²) in [6.45, 7) is 8.60. The maximum Gasteiger partial charge on any atom is 0.151 e. The summed E-state index contributed by atoms with van der Waals surface area (Å²) in [5.74, 6) is -1.25.